The number of anilines is 2. The lowest BCUT2D eigenvalue weighted by Gasteiger charge is -2.21. The van der Waals surface area contributed by atoms with Crippen LogP contribution in [0.25, 0.3) is 0 Å². The molecule has 1 fully saturated rings. The van der Waals surface area contributed by atoms with Crippen LogP contribution >= 0.6 is 0 Å². The second-order valence-electron chi connectivity index (χ2n) is 5.69. The molecule has 0 radical (unpaired) electrons. The third-order valence-electron chi connectivity index (χ3n) is 3.47. The van der Waals surface area contributed by atoms with Gasteiger partial charge in [-0.1, -0.05) is 13.8 Å². The maximum absolute atomic E-state index is 11.9. The lowest BCUT2D eigenvalue weighted by Crippen LogP contribution is -2.35. The number of esters is 1. The lowest BCUT2D eigenvalue weighted by atomic mass is 10.0. The third kappa shape index (κ3) is 4.06. The van der Waals surface area contributed by atoms with Crippen LogP contribution in [0, 0.1) is 5.92 Å². The number of carbonyl (C=O) groups is 1. The monoisotopic (exact) mass is 292 g/mol. The van der Waals surface area contributed by atoms with E-state index in [-0.39, 0.29) is 11.9 Å². The Bertz CT molecular complexity index is 500. The molecule has 2 rings (SSSR count). The zero-order chi connectivity index (χ0) is 15.4. The molecule has 0 amide bonds. The first-order chi connectivity index (χ1) is 10.0. The van der Waals surface area contributed by atoms with E-state index in [4.69, 9.17) is 4.74 Å². The molecule has 0 aliphatic heterocycles. The highest BCUT2D eigenvalue weighted by molar-refractivity contribution is 5.79. The van der Waals surface area contributed by atoms with Crippen LogP contribution in [-0.2, 0) is 9.53 Å². The molecule has 2 N–H and O–H groups in total. The summed E-state index contributed by atoms with van der Waals surface area (Å²) in [6, 6.07) is 1.43. The van der Waals surface area contributed by atoms with Gasteiger partial charge in [0, 0.05) is 18.5 Å². The molecule has 116 valence electrons. The van der Waals surface area contributed by atoms with Gasteiger partial charge in [-0.25, -0.2) is 14.8 Å². The van der Waals surface area contributed by atoms with E-state index in [0.29, 0.717) is 11.7 Å². The Labute approximate surface area is 125 Å². The summed E-state index contributed by atoms with van der Waals surface area (Å²) in [4.78, 5) is 20.9. The standard InChI is InChI=1S/C15H24N4O2/c1-5-16-11-8-12(19-14(18-11)10-6-7-10)17-13(9(2)3)15(20)21-4/h8-10,13H,5-7H2,1-4H3,(H2,16,17,18,19). The van der Waals surface area contributed by atoms with Crippen LogP contribution in [-0.4, -0.2) is 35.6 Å². The number of hydrogen-bond acceptors (Lipinski definition) is 6. The fraction of sp³-hybridized carbons (Fsp3) is 0.667. The van der Waals surface area contributed by atoms with Crippen molar-refractivity contribution in [1.29, 1.82) is 0 Å². The minimum atomic E-state index is -0.411. The van der Waals surface area contributed by atoms with E-state index >= 15 is 0 Å². The van der Waals surface area contributed by atoms with Crippen LogP contribution in [0.5, 0.6) is 0 Å². The zero-order valence-electron chi connectivity index (χ0n) is 13.1. The number of aromatic nitrogens is 2. The highest BCUT2D eigenvalue weighted by Gasteiger charge is 2.28. The van der Waals surface area contributed by atoms with E-state index in [9.17, 15) is 4.79 Å². The Morgan fingerprint density at radius 3 is 2.57 bits per heavy atom. The third-order valence-corrected chi connectivity index (χ3v) is 3.47. The van der Waals surface area contributed by atoms with Crippen LogP contribution < -0.4 is 10.6 Å². The molecule has 1 aliphatic rings. The van der Waals surface area contributed by atoms with Crippen molar-refractivity contribution in [3.8, 4) is 0 Å². The smallest absolute Gasteiger partial charge is 0.328 e. The molecule has 0 bridgehead atoms. The topological polar surface area (TPSA) is 76.1 Å². The predicted octanol–water partition coefficient (Wildman–Crippen LogP) is 2.40. The van der Waals surface area contributed by atoms with Gasteiger partial charge in [-0.15, -0.1) is 0 Å². The number of methoxy groups -OCH3 is 1. The lowest BCUT2D eigenvalue weighted by molar-refractivity contribution is -0.142. The number of nitrogens with zero attached hydrogens (tertiary/aromatic N) is 2. The van der Waals surface area contributed by atoms with Gasteiger partial charge in [-0.2, -0.15) is 0 Å². The predicted molar refractivity (Wildman–Crippen MR) is 82.4 cm³/mol. The summed E-state index contributed by atoms with van der Waals surface area (Å²) < 4.78 is 4.85. The minimum Gasteiger partial charge on any atom is -0.467 e. The molecule has 1 heterocycles. The van der Waals surface area contributed by atoms with Gasteiger partial charge in [0.15, 0.2) is 0 Å². The quantitative estimate of drug-likeness (QED) is 0.752. The summed E-state index contributed by atoms with van der Waals surface area (Å²) in [5, 5.41) is 6.39. The molecule has 6 nitrogen and oxygen atoms in total. The van der Waals surface area contributed by atoms with Gasteiger partial charge in [0.25, 0.3) is 0 Å². The molecule has 1 atom stereocenters. The number of carbonyl (C=O) groups excluding carboxylic acids is 1. The first-order valence-electron chi connectivity index (χ1n) is 7.52. The summed E-state index contributed by atoms with van der Waals surface area (Å²) in [5.74, 6) is 2.61. The maximum Gasteiger partial charge on any atom is 0.328 e. The Hall–Kier alpha value is -1.85. The van der Waals surface area contributed by atoms with Crippen LogP contribution in [0.3, 0.4) is 0 Å². The molecule has 0 saturated heterocycles. The van der Waals surface area contributed by atoms with Crippen molar-refractivity contribution in [2.75, 3.05) is 24.3 Å². The molecule has 0 aromatic carbocycles. The number of hydrogen-bond donors (Lipinski definition) is 2. The fourth-order valence-corrected chi connectivity index (χ4v) is 2.12. The Kier molecular flexibility index (Phi) is 4.98. The fourth-order valence-electron chi connectivity index (χ4n) is 2.12. The Morgan fingerprint density at radius 1 is 1.38 bits per heavy atom. The Balaban J connectivity index is 2.22. The molecule has 1 aliphatic carbocycles. The van der Waals surface area contributed by atoms with Crippen LogP contribution in [0.4, 0.5) is 11.6 Å². The van der Waals surface area contributed by atoms with Crippen molar-refractivity contribution in [3.63, 3.8) is 0 Å². The highest BCUT2D eigenvalue weighted by Crippen LogP contribution is 2.38. The van der Waals surface area contributed by atoms with Crippen LogP contribution in [0.1, 0.15) is 45.4 Å². The number of nitrogens with one attached hydrogen (secondary N) is 2. The summed E-state index contributed by atoms with van der Waals surface area (Å²) in [6.07, 6.45) is 2.28. The average molecular weight is 292 g/mol. The molecule has 1 aromatic rings. The average Bonchev–Trinajstić information content (AvgIpc) is 3.28. The van der Waals surface area contributed by atoms with E-state index in [2.05, 4.69) is 20.6 Å². The summed E-state index contributed by atoms with van der Waals surface area (Å²) in [5.41, 5.74) is 0. The van der Waals surface area contributed by atoms with Crippen LogP contribution in [0.2, 0.25) is 0 Å². The van der Waals surface area contributed by atoms with E-state index in [0.717, 1.165) is 31.0 Å². The molecule has 1 unspecified atom stereocenters. The molecular formula is C15H24N4O2. The minimum absolute atomic E-state index is 0.111. The van der Waals surface area contributed by atoms with E-state index < -0.39 is 6.04 Å². The van der Waals surface area contributed by atoms with Crippen molar-refractivity contribution in [2.24, 2.45) is 5.92 Å². The Morgan fingerprint density at radius 2 is 2.05 bits per heavy atom. The van der Waals surface area contributed by atoms with E-state index in [1.807, 2.05) is 26.8 Å². The van der Waals surface area contributed by atoms with Crippen LogP contribution in [0.15, 0.2) is 6.07 Å². The van der Waals surface area contributed by atoms with Gasteiger partial charge in [0.1, 0.15) is 23.5 Å². The highest BCUT2D eigenvalue weighted by atomic mass is 16.5. The largest absolute Gasteiger partial charge is 0.467 e. The van der Waals surface area contributed by atoms with Crippen molar-refractivity contribution in [3.05, 3.63) is 11.9 Å². The summed E-state index contributed by atoms with van der Waals surface area (Å²) in [7, 11) is 1.40. The molecule has 0 spiro atoms. The van der Waals surface area contributed by atoms with E-state index in [1.54, 1.807) is 0 Å². The number of ether oxygens (including phenoxy) is 1. The van der Waals surface area contributed by atoms with Gasteiger partial charge >= 0.3 is 5.97 Å². The first-order valence-corrected chi connectivity index (χ1v) is 7.52. The molecule has 6 heteroatoms. The van der Waals surface area contributed by atoms with Crippen molar-refractivity contribution in [2.45, 2.75) is 45.6 Å². The van der Waals surface area contributed by atoms with Gasteiger partial charge in [-0.3, -0.25) is 0 Å². The van der Waals surface area contributed by atoms with Gasteiger partial charge in [0.05, 0.1) is 7.11 Å². The normalized spacial score (nSPS) is 15.7. The summed E-state index contributed by atoms with van der Waals surface area (Å²) >= 11 is 0. The zero-order valence-corrected chi connectivity index (χ0v) is 13.1. The first kappa shape index (κ1) is 15.5. The molecule has 1 saturated carbocycles. The molecule has 1 aromatic heterocycles. The second kappa shape index (κ2) is 6.74. The molecular weight excluding hydrogens is 268 g/mol. The van der Waals surface area contributed by atoms with Gasteiger partial charge in [0.2, 0.25) is 0 Å². The maximum atomic E-state index is 11.9. The second-order valence-corrected chi connectivity index (χ2v) is 5.69. The van der Waals surface area contributed by atoms with Crippen molar-refractivity contribution >= 4 is 17.6 Å². The molecule has 21 heavy (non-hydrogen) atoms. The van der Waals surface area contributed by atoms with Crippen molar-refractivity contribution in [1.82, 2.24) is 9.97 Å². The SMILES string of the molecule is CCNc1cc(NC(C(=O)OC)C(C)C)nc(C2CC2)n1. The van der Waals surface area contributed by atoms with E-state index in [1.165, 1.54) is 7.11 Å². The summed E-state index contributed by atoms with van der Waals surface area (Å²) in [6.45, 7) is 6.77. The van der Waals surface area contributed by atoms with Gasteiger partial charge < -0.3 is 15.4 Å². The van der Waals surface area contributed by atoms with Crippen molar-refractivity contribution < 1.29 is 9.53 Å². The van der Waals surface area contributed by atoms with Gasteiger partial charge in [-0.05, 0) is 25.7 Å². The number of rotatable bonds is 7.